The van der Waals surface area contributed by atoms with Gasteiger partial charge >= 0.3 is 11.9 Å². The predicted octanol–water partition coefficient (Wildman–Crippen LogP) is 5.50. The zero-order valence-corrected chi connectivity index (χ0v) is 18.4. The summed E-state index contributed by atoms with van der Waals surface area (Å²) >= 11 is 0. The lowest BCUT2D eigenvalue weighted by molar-refractivity contribution is 0.0195. The monoisotopic (exact) mass is 446 g/mol. The molecule has 0 bridgehead atoms. The van der Waals surface area contributed by atoms with Gasteiger partial charge in [-0.1, -0.05) is 12.1 Å². The number of rotatable bonds is 6. The lowest BCUT2D eigenvalue weighted by Crippen LogP contribution is -2.24. The van der Waals surface area contributed by atoms with Gasteiger partial charge in [0.05, 0.1) is 18.2 Å². The summed E-state index contributed by atoms with van der Waals surface area (Å²) in [7, 11) is 1.58. The fourth-order valence-corrected chi connectivity index (χ4v) is 4.03. The predicted molar refractivity (Wildman–Crippen MR) is 123 cm³/mol. The van der Waals surface area contributed by atoms with Gasteiger partial charge in [0.15, 0.2) is 0 Å². The molecular formula is C27H26O6. The molecule has 0 radical (unpaired) electrons. The van der Waals surface area contributed by atoms with E-state index in [0.717, 1.165) is 25.7 Å². The number of ether oxygens (including phenoxy) is 3. The topological polar surface area (TPSA) is 82.1 Å². The molecule has 0 heterocycles. The van der Waals surface area contributed by atoms with Gasteiger partial charge in [0.2, 0.25) is 0 Å². The Labute approximate surface area is 192 Å². The molecule has 0 amide bonds. The molecule has 0 unspecified atom stereocenters. The van der Waals surface area contributed by atoms with Crippen LogP contribution < -0.4 is 9.47 Å². The molecule has 170 valence electrons. The minimum atomic E-state index is -0.415. The molecule has 0 spiro atoms. The molecule has 1 aliphatic carbocycles. The highest BCUT2D eigenvalue weighted by atomic mass is 16.5. The first-order valence-electron chi connectivity index (χ1n) is 11.0. The van der Waals surface area contributed by atoms with E-state index in [1.165, 1.54) is 17.7 Å². The van der Waals surface area contributed by atoms with E-state index in [0.29, 0.717) is 28.5 Å². The molecule has 6 nitrogen and oxygen atoms in total. The van der Waals surface area contributed by atoms with Gasteiger partial charge in [-0.2, -0.15) is 0 Å². The van der Waals surface area contributed by atoms with Crippen molar-refractivity contribution < 1.29 is 28.9 Å². The van der Waals surface area contributed by atoms with Gasteiger partial charge in [0, 0.05) is 0 Å². The highest BCUT2D eigenvalue weighted by Crippen LogP contribution is 2.35. The average Bonchev–Trinajstić information content (AvgIpc) is 2.85. The van der Waals surface area contributed by atoms with E-state index in [-0.39, 0.29) is 17.8 Å². The number of carbonyl (C=O) groups excluding carboxylic acids is 2. The lowest BCUT2D eigenvalue weighted by atomic mass is 9.83. The summed E-state index contributed by atoms with van der Waals surface area (Å²) in [5, 5.41) is 9.35. The maximum Gasteiger partial charge on any atom is 0.343 e. The van der Waals surface area contributed by atoms with Crippen LogP contribution in [0.3, 0.4) is 0 Å². The third-order valence-electron chi connectivity index (χ3n) is 5.94. The fourth-order valence-electron chi connectivity index (χ4n) is 4.03. The van der Waals surface area contributed by atoms with Crippen molar-refractivity contribution in [3.05, 3.63) is 89.5 Å². The van der Waals surface area contributed by atoms with Crippen molar-refractivity contribution in [1.29, 1.82) is 0 Å². The number of hydrogen-bond donors (Lipinski definition) is 1. The van der Waals surface area contributed by atoms with E-state index in [4.69, 9.17) is 14.2 Å². The molecular weight excluding hydrogens is 420 g/mol. The van der Waals surface area contributed by atoms with Crippen molar-refractivity contribution in [1.82, 2.24) is 0 Å². The van der Waals surface area contributed by atoms with Crippen LogP contribution in [0.25, 0.3) is 0 Å². The Morgan fingerprint density at radius 1 is 0.727 bits per heavy atom. The van der Waals surface area contributed by atoms with E-state index < -0.39 is 5.97 Å². The van der Waals surface area contributed by atoms with Crippen LogP contribution in [-0.2, 0) is 4.74 Å². The molecule has 33 heavy (non-hydrogen) atoms. The summed E-state index contributed by atoms with van der Waals surface area (Å²) in [6.07, 6.45) is 3.31. The molecule has 1 fully saturated rings. The zero-order valence-electron chi connectivity index (χ0n) is 18.4. The summed E-state index contributed by atoms with van der Waals surface area (Å²) in [5.74, 6) is 0.896. The van der Waals surface area contributed by atoms with Gasteiger partial charge in [-0.05, 0) is 97.8 Å². The van der Waals surface area contributed by atoms with Crippen molar-refractivity contribution in [2.75, 3.05) is 7.11 Å². The Balaban J connectivity index is 1.27. The number of methoxy groups -OCH3 is 1. The van der Waals surface area contributed by atoms with Gasteiger partial charge in [-0.3, -0.25) is 0 Å². The second-order valence-electron chi connectivity index (χ2n) is 8.11. The van der Waals surface area contributed by atoms with Crippen LogP contribution in [0, 0.1) is 0 Å². The number of esters is 2. The molecule has 1 saturated carbocycles. The number of carbonyl (C=O) groups is 2. The fraction of sp³-hybridized carbons (Fsp3) is 0.259. The first-order valence-corrected chi connectivity index (χ1v) is 11.0. The minimum Gasteiger partial charge on any atom is -0.508 e. The average molecular weight is 446 g/mol. The molecule has 4 rings (SSSR count). The van der Waals surface area contributed by atoms with Crippen LogP contribution in [0.2, 0.25) is 0 Å². The van der Waals surface area contributed by atoms with Gasteiger partial charge in [0.25, 0.3) is 0 Å². The molecule has 6 heteroatoms. The standard InChI is InChI=1S/C27H26O6/c1-31-23-12-8-21(9-13-23)27(30)33-25-16-6-19(7-17-25)18-4-14-24(15-5-18)32-26(29)20-2-10-22(28)11-3-20/h2-3,6-13,16-18,24,28H,4-5,14-15H2,1H3/t18-,24-. The van der Waals surface area contributed by atoms with Crippen LogP contribution in [0.1, 0.15) is 57.9 Å². The van der Waals surface area contributed by atoms with Crippen LogP contribution in [0.4, 0.5) is 0 Å². The molecule has 0 aromatic heterocycles. The molecule has 3 aromatic rings. The second kappa shape index (κ2) is 10.2. The second-order valence-corrected chi connectivity index (χ2v) is 8.11. The number of phenols is 1. The van der Waals surface area contributed by atoms with Crippen LogP contribution >= 0.6 is 0 Å². The first kappa shape index (κ1) is 22.4. The van der Waals surface area contributed by atoms with Crippen molar-refractivity contribution in [3.63, 3.8) is 0 Å². The molecule has 0 saturated heterocycles. The lowest BCUT2D eigenvalue weighted by Gasteiger charge is -2.28. The molecule has 1 aliphatic rings. The van der Waals surface area contributed by atoms with Crippen molar-refractivity contribution in [3.8, 4) is 17.2 Å². The van der Waals surface area contributed by atoms with Crippen LogP contribution in [0.15, 0.2) is 72.8 Å². The largest absolute Gasteiger partial charge is 0.508 e. The van der Waals surface area contributed by atoms with E-state index in [2.05, 4.69) is 0 Å². The third kappa shape index (κ3) is 5.71. The van der Waals surface area contributed by atoms with Crippen LogP contribution in [0.5, 0.6) is 17.2 Å². The van der Waals surface area contributed by atoms with Gasteiger partial charge in [-0.25, -0.2) is 9.59 Å². The SMILES string of the molecule is COc1ccc(C(=O)Oc2ccc([C@H]3CC[C@H](OC(=O)c4ccc(O)cc4)CC3)cc2)cc1. The van der Waals surface area contributed by atoms with E-state index in [9.17, 15) is 14.7 Å². The summed E-state index contributed by atoms with van der Waals surface area (Å²) in [5.41, 5.74) is 2.08. The van der Waals surface area contributed by atoms with Crippen molar-refractivity contribution in [2.24, 2.45) is 0 Å². The quantitative estimate of drug-likeness (QED) is 0.398. The number of aromatic hydroxyl groups is 1. The molecule has 1 N–H and O–H groups in total. The van der Waals surface area contributed by atoms with Crippen molar-refractivity contribution in [2.45, 2.75) is 37.7 Å². The highest BCUT2D eigenvalue weighted by molar-refractivity contribution is 5.91. The summed E-state index contributed by atoms with van der Waals surface area (Å²) < 4.78 is 16.2. The molecule has 0 aliphatic heterocycles. The zero-order chi connectivity index (χ0) is 23.2. The van der Waals surface area contributed by atoms with Gasteiger partial charge in [0.1, 0.15) is 23.4 Å². The maximum absolute atomic E-state index is 12.3. The number of hydrogen-bond acceptors (Lipinski definition) is 6. The van der Waals surface area contributed by atoms with E-state index >= 15 is 0 Å². The Kier molecular flexibility index (Phi) is 6.93. The van der Waals surface area contributed by atoms with Gasteiger partial charge in [-0.15, -0.1) is 0 Å². The molecule has 3 aromatic carbocycles. The summed E-state index contributed by atoms with van der Waals surface area (Å²) in [6, 6.07) is 20.5. The van der Waals surface area contributed by atoms with E-state index in [1.807, 2.05) is 24.3 Å². The number of benzene rings is 3. The normalized spacial score (nSPS) is 17.7. The summed E-state index contributed by atoms with van der Waals surface area (Å²) in [6.45, 7) is 0. The maximum atomic E-state index is 12.3. The van der Waals surface area contributed by atoms with Crippen LogP contribution in [-0.4, -0.2) is 30.3 Å². The van der Waals surface area contributed by atoms with Gasteiger partial charge < -0.3 is 19.3 Å². The number of phenolic OH excluding ortho intramolecular Hbond substituents is 1. The minimum absolute atomic E-state index is 0.104. The Bertz CT molecular complexity index is 1080. The third-order valence-corrected chi connectivity index (χ3v) is 5.94. The highest BCUT2D eigenvalue weighted by Gasteiger charge is 2.25. The smallest absolute Gasteiger partial charge is 0.343 e. The Hall–Kier alpha value is -3.80. The van der Waals surface area contributed by atoms with E-state index in [1.54, 1.807) is 43.5 Å². The molecule has 0 atom stereocenters. The Morgan fingerprint density at radius 3 is 1.88 bits per heavy atom. The Morgan fingerprint density at radius 2 is 1.27 bits per heavy atom. The van der Waals surface area contributed by atoms with Crippen molar-refractivity contribution >= 4 is 11.9 Å². The first-order chi connectivity index (χ1) is 16.0. The summed E-state index contributed by atoms with van der Waals surface area (Å²) in [4.78, 5) is 24.6.